The number of carbonyl (C=O) groups excluding carboxylic acids is 1. The zero-order valence-electron chi connectivity index (χ0n) is 18.0. The molecule has 1 unspecified atom stereocenters. The Balaban J connectivity index is 1.88. The smallest absolute Gasteiger partial charge is 0.410 e. The second-order valence-corrected chi connectivity index (χ2v) is 8.22. The molecule has 2 heterocycles. The van der Waals surface area contributed by atoms with Gasteiger partial charge in [-0.1, -0.05) is 6.07 Å². The van der Waals surface area contributed by atoms with Gasteiger partial charge >= 0.3 is 6.09 Å². The lowest BCUT2D eigenvalue weighted by atomic mass is 10.1. The highest BCUT2D eigenvalue weighted by molar-refractivity contribution is 5.80. The number of likely N-dealkylation sites (tertiary alicyclic amines) is 1. The van der Waals surface area contributed by atoms with Gasteiger partial charge in [0.1, 0.15) is 11.4 Å². The minimum Gasteiger partial charge on any atom is -0.444 e. The van der Waals surface area contributed by atoms with Crippen molar-refractivity contribution in [2.75, 3.05) is 39.1 Å². The first-order chi connectivity index (χ1) is 13.2. The van der Waals surface area contributed by atoms with E-state index in [-0.39, 0.29) is 12.1 Å². The van der Waals surface area contributed by atoms with Gasteiger partial charge in [0.15, 0.2) is 5.96 Å². The van der Waals surface area contributed by atoms with Crippen molar-refractivity contribution in [2.45, 2.75) is 51.8 Å². The largest absolute Gasteiger partial charge is 0.444 e. The monoisotopic (exact) mass is 390 g/mol. The Hall–Kier alpha value is -2.51. The number of amides is 1. The number of aliphatic imine (C=N–C) groups is 1. The SMILES string of the molecule is CN=C(NCc1cccc(N(C)C)n1)NC1CCCN(C(=O)OC(C)(C)C)C1. The van der Waals surface area contributed by atoms with Gasteiger partial charge in [0.05, 0.1) is 12.2 Å². The molecule has 1 amide bonds. The summed E-state index contributed by atoms with van der Waals surface area (Å²) in [5.41, 5.74) is 0.455. The highest BCUT2D eigenvalue weighted by Crippen LogP contribution is 2.15. The van der Waals surface area contributed by atoms with Gasteiger partial charge in [-0.25, -0.2) is 9.78 Å². The molecule has 2 rings (SSSR count). The molecular weight excluding hydrogens is 356 g/mol. The fraction of sp³-hybridized carbons (Fsp3) is 0.650. The zero-order valence-corrected chi connectivity index (χ0v) is 18.0. The van der Waals surface area contributed by atoms with Gasteiger partial charge in [-0.2, -0.15) is 0 Å². The van der Waals surface area contributed by atoms with E-state index in [0.717, 1.165) is 30.9 Å². The second kappa shape index (κ2) is 9.61. The van der Waals surface area contributed by atoms with Gasteiger partial charge in [0.2, 0.25) is 0 Å². The van der Waals surface area contributed by atoms with Crippen LogP contribution in [0, 0.1) is 0 Å². The molecule has 0 aliphatic carbocycles. The van der Waals surface area contributed by atoms with Crippen molar-refractivity contribution in [3.05, 3.63) is 23.9 Å². The first kappa shape index (κ1) is 21.8. The van der Waals surface area contributed by atoms with E-state index in [1.807, 2.05) is 58.0 Å². The van der Waals surface area contributed by atoms with Crippen LogP contribution < -0.4 is 15.5 Å². The number of ether oxygens (including phenoxy) is 1. The molecule has 1 aromatic rings. The van der Waals surface area contributed by atoms with Crippen molar-refractivity contribution < 1.29 is 9.53 Å². The van der Waals surface area contributed by atoms with Gasteiger partial charge in [0, 0.05) is 40.3 Å². The van der Waals surface area contributed by atoms with E-state index < -0.39 is 5.60 Å². The van der Waals surface area contributed by atoms with Crippen LogP contribution in [0.3, 0.4) is 0 Å². The molecule has 1 atom stereocenters. The number of anilines is 1. The summed E-state index contributed by atoms with van der Waals surface area (Å²) in [5, 5.41) is 6.72. The molecule has 8 heteroatoms. The summed E-state index contributed by atoms with van der Waals surface area (Å²) in [7, 11) is 5.69. The van der Waals surface area contributed by atoms with Crippen molar-refractivity contribution in [1.82, 2.24) is 20.5 Å². The van der Waals surface area contributed by atoms with E-state index in [1.165, 1.54) is 0 Å². The van der Waals surface area contributed by atoms with Crippen molar-refractivity contribution in [3.8, 4) is 0 Å². The molecule has 1 aliphatic heterocycles. The Bertz CT molecular complexity index is 684. The summed E-state index contributed by atoms with van der Waals surface area (Å²) in [6.07, 6.45) is 1.65. The van der Waals surface area contributed by atoms with Crippen LogP contribution in [0.4, 0.5) is 10.6 Å². The number of hydrogen-bond acceptors (Lipinski definition) is 5. The summed E-state index contributed by atoms with van der Waals surface area (Å²) in [6, 6.07) is 6.09. The number of guanidine groups is 1. The molecule has 0 radical (unpaired) electrons. The molecule has 1 aromatic heterocycles. The first-order valence-corrected chi connectivity index (χ1v) is 9.76. The molecule has 156 valence electrons. The Morgan fingerprint density at radius 1 is 1.39 bits per heavy atom. The topological polar surface area (TPSA) is 82.1 Å². The minimum atomic E-state index is -0.483. The molecule has 1 fully saturated rings. The third-order valence-electron chi connectivity index (χ3n) is 4.32. The number of nitrogens with zero attached hydrogens (tertiary/aromatic N) is 4. The van der Waals surface area contributed by atoms with Crippen LogP contribution in [-0.4, -0.2) is 67.8 Å². The molecular formula is C20H34N6O2. The molecule has 8 nitrogen and oxygen atoms in total. The van der Waals surface area contributed by atoms with Crippen molar-refractivity contribution in [3.63, 3.8) is 0 Å². The normalized spacial score (nSPS) is 17.9. The molecule has 1 aliphatic rings. The van der Waals surface area contributed by atoms with Gasteiger partial charge in [-0.15, -0.1) is 0 Å². The van der Waals surface area contributed by atoms with Crippen molar-refractivity contribution in [1.29, 1.82) is 0 Å². The minimum absolute atomic E-state index is 0.133. The predicted molar refractivity (Wildman–Crippen MR) is 113 cm³/mol. The molecule has 0 spiro atoms. The van der Waals surface area contributed by atoms with Crippen molar-refractivity contribution in [2.24, 2.45) is 4.99 Å². The van der Waals surface area contributed by atoms with E-state index in [2.05, 4.69) is 20.6 Å². The van der Waals surface area contributed by atoms with Crippen LogP contribution >= 0.6 is 0 Å². The Morgan fingerprint density at radius 3 is 2.79 bits per heavy atom. The average molecular weight is 391 g/mol. The summed E-state index contributed by atoms with van der Waals surface area (Å²) < 4.78 is 5.49. The Morgan fingerprint density at radius 2 is 2.14 bits per heavy atom. The quantitative estimate of drug-likeness (QED) is 0.606. The lowest BCUT2D eigenvalue weighted by Crippen LogP contribution is -2.53. The average Bonchev–Trinajstić information content (AvgIpc) is 2.64. The summed E-state index contributed by atoms with van der Waals surface area (Å²) >= 11 is 0. The molecule has 2 N–H and O–H groups in total. The summed E-state index contributed by atoms with van der Waals surface area (Å²) in [4.78, 5) is 25.0. The number of piperidine rings is 1. The highest BCUT2D eigenvalue weighted by Gasteiger charge is 2.28. The van der Waals surface area contributed by atoms with Crippen LogP contribution in [0.2, 0.25) is 0 Å². The van der Waals surface area contributed by atoms with E-state index in [0.29, 0.717) is 19.0 Å². The number of hydrogen-bond donors (Lipinski definition) is 2. The third kappa shape index (κ3) is 6.90. The van der Waals surface area contributed by atoms with Crippen LogP contribution in [-0.2, 0) is 11.3 Å². The maximum Gasteiger partial charge on any atom is 0.410 e. The van der Waals surface area contributed by atoms with Gasteiger partial charge in [-0.05, 0) is 45.7 Å². The van der Waals surface area contributed by atoms with Crippen LogP contribution in [0.1, 0.15) is 39.3 Å². The fourth-order valence-corrected chi connectivity index (χ4v) is 2.96. The predicted octanol–water partition coefficient (Wildman–Crippen LogP) is 2.21. The first-order valence-electron chi connectivity index (χ1n) is 9.76. The van der Waals surface area contributed by atoms with Gasteiger partial charge < -0.3 is 25.2 Å². The summed E-state index contributed by atoms with van der Waals surface area (Å²) in [5.74, 6) is 1.62. The van der Waals surface area contributed by atoms with E-state index in [1.54, 1.807) is 11.9 Å². The standard InChI is InChI=1S/C20H34N6O2/c1-20(2,3)28-19(27)26-12-8-10-16(14-26)24-18(21-4)22-13-15-9-7-11-17(23-15)25(5)6/h7,9,11,16H,8,10,12-14H2,1-6H3,(H2,21,22,24). The molecule has 0 saturated carbocycles. The zero-order chi connectivity index (χ0) is 20.7. The lowest BCUT2D eigenvalue weighted by Gasteiger charge is -2.35. The molecule has 1 saturated heterocycles. The van der Waals surface area contributed by atoms with Crippen LogP contribution in [0.5, 0.6) is 0 Å². The maximum atomic E-state index is 12.3. The lowest BCUT2D eigenvalue weighted by molar-refractivity contribution is 0.0193. The van der Waals surface area contributed by atoms with Gasteiger partial charge in [-0.3, -0.25) is 4.99 Å². The fourth-order valence-electron chi connectivity index (χ4n) is 2.96. The van der Waals surface area contributed by atoms with Gasteiger partial charge in [0.25, 0.3) is 0 Å². The second-order valence-electron chi connectivity index (χ2n) is 8.22. The highest BCUT2D eigenvalue weighted by atomic mass is 16.6. The number of carbonyl (C=O) groups is 1. The molecule has 0 aromatic carbocycles. The number of rotatable bonds is 4. The van der Waals surface area contributed by atoms with E-state index >= 15 is 0 Å². The Kier molecular flexibility index (Phi) is 7.48. The van der Waals surface area contributed by atoms with Crippen LogP contribution in [0.25, 0.3) is 0 Å². The number of pyridine rings is 1. The number of aromatic nitrogens is 1. The van der Waals surface area contributed by atoms with Crippen molar-refractivity contribution >= 4 is 17.9 Å². The molecule has 0 bridgehead atoms. The maximum absolute atomic E-state index is 12.3. The summed E-state index contributed by atoms with van der Waals surface area (Å²) in [6.45, 7) is 7.55. The third-order valence-corrected chi connectivity index (χ3v) is 4.32. The molecule has 28 heavy (non-hydrogen) atoms. The number of nitrogens with one attached hydrogen (secondary N) is 2. The van der Waals surface area contributed by atoms with Crippen LogP contribution in [0.15, 0.2) is 23.2 Å². The Labute approximate surface area is 168 Å². The van der Waals surface area contributed by atoms with E-state index in [4.69, 9.17) is 4.74 Å². The van der Waals surface area contributed by atoms with E-state index in [9.17, 15) is 4.79 Å².